The van der Waals surface area contributed by atoms with Crippen molar-refractivity contribution in [2.45, 2.75) is 25.9 Å². The molecular formula is C15H21NO2S. The van der Waals surface area contributed by atoms with Crippen molar-refractivity contribution in [3.05, 3.63) is 29.8 Å². The Kier molecular flexibility index (Phi) is 5.14. The number of piperidine rings is 1. The van der Waals surface area contributed by atoms with Gasteiger partial charge in [-0.2, -0.15) is 11.8 Å². The Morgan fingerprint density at radius 2 is 1.95 bits per heavy atom. The second-order valence-corrected chi connectivity index (χ2v) is 5.81. The molecule has 1 saturated heterocycles. The Hall–Kier alpha value is -1.16. The minimum absolute atomic E-state index is 0.237. The fourth-order valence-corrected chi connectivity index (χ4v) is 2.68. The first-order valence-electron chi connectivity index (χ1n) is 6.69. The van der Waals surface area contributed by atoms with Gasteiger partial charge in [-0.3, -0.25) is 4.79 Å². The molecule has 0 aliphatic carbocycles. The maximum atomic E-state index is 11.8. The van der Waals surface area contributed by atoms with Gasteiger partial charge in [-0.15, -0.1) is 0 Å². The summed E-state index contributed by atoms with van der Waals surface area (Å²) in [6.07, 6.45) is 4.05. The topological polar surface area (TPSA) is 29.5 Å². The molecule has 104 valence electrons. The second kappa shape index (κ2) is 6.85. The van der Waals surface area contributed by atoms with Crippen LogP contribution in [0.2, 0.25) is 0 Å². The lowest BCUT2D eigenvalue weighted by Crippen LogP contribution is -2.42. The number of amides is 1. The number of hydrogen-bond acceptors (Lipinski definition) is 3. The number of ether oxygens (including phenoxy) is 1. The highest BCUT2D eigenvalue weighted by atomic mass is 32.2. The summed E-state index contributed by atoms with van der Waals surface area (Å²) in [5.74, 6) is 1.77. The second-order valence-electron chi connectivity index (χ2n) is 4.94. The van der Waals surface area contributed by atoms with E-state index in [9.17, 15) is 4.79 Å². The average Bonchev–Trinajstić information content (AvgIpc) is 2.42. The number of hydrogen-bond donors (Lipinski definition) is 0. The zero-order valence-electron chi connectivity index (χ0n) is 11.6. The van der Waals surface area contributed by atoms with E-state index in [0.29, 0.717) is 5.75 Å². The van der Waals surface area contributed by atoms with Crippen molar-refractivity contribution in [3.8, 4) is 5.75 Å². The van der Waals surface area contributed by atoms with Crippen molar-refractivity contribution in [2.75, 3.05) is 25.1 Å². The van der Waals surface area contributed by atoms with Gasteiger partial charge in [0.2, 0.25) is 5.91 Å². The molecule has 0 spiro atoms. The molecule has 1 heterocycles. The number of aryl methyl sites for hydroxylation is 1. The molecule has 4 heteroatoms. The third-order valence-electron chi connectivity index (χ3n) is 3.39. The van der Waals surface area contributed by atoms with Crippen LogP contribution in [0.5, 0.6) is 5.75 Å². The van der Waals surface area contributed by atoms with Crippen LogP contribution in [0.1, 0.15) is 18.4 Å². The van der Waals surface area contributed by atoms with Crippen molar-refractivity contribution in [1.82, 2.24) is 4.90 Å². The lowest BCUT2D eigenvalue weighted by molar-refractivity contribution is -0.130. The fraction of sp³-hybridized carbons (Fsp3) is 0.533. The molecule has 0 N–H and O–H groups in total. The summed E-state index contributed by atoms with van der Waals surface area (Å²) in [6.45, 7) is 3.70. The summed E-state index contributed by atoms with van der Waals surface area (Å²) in [7, 11) is 0. The molecule has 2 rings (SSSR count). The molecule has 3 nitrogen and oxygen atoms in total. The highest BCUT2D eigenvalue weighted by Crippen LogP contribution is 2.19. The maximum absolute atomic E-state index is 11.8. The molecule has 0 saturated carbocycles. The van der Waals surface area contributed by atoms with E-state index in [4.69, 9.17) is 4.74 Å². The van der Waals surface area contributed by atoms with Crippen molar-refractivity contribution < 1.29 is 9.53 Å². The highest BCUT2D eigenvalue weighted by molar-refractivity contribution is 7.99. The van der Waals surface area contributed by atoms with E-state index < -0.39 is 0 Å². The van der Waals surface area contributed by atoms with Gasteiger partial charge in [0.05, 0.1) is 5.75 Å². The van der Waals surface area contributed by atoms with Gasteiger partial charge < -0.3 is 9.64 Å². The molecular weight excluding hydrogens is 258 g/mol. The molecule has 1 aliphatic rings. The first-order chi connectivity index (χ1) is 9.19. The monoisotopic (exact) mass is 279 g/mol. The van der Waals surface area contributed by atoms with E-state index >= 15 is 0 Å². The van der Waals surface area contributed by atoms with Crippen LogP contribution in [0, 0.1) is 6.92 Å². The average molecular weight is 279 g/mol. The van der Waals surface area contributed by atoms with Crippen molar-refractivity contribution in [1.29, 1.82) is 0 Å². The van der Waals surface area contributed by atoms with Crippen LogP contribution in [0.3, 0.4) is 0 Å². The SMILES string of the molecule is CSCC(=O)N1CCC(Oc2ccc(C)cc2)CC1. The molecule has 1 aromatic rings. The molecule has 0 aromatic heterocycles. The lowest BCUT2D eigenvalue weighted by Gasteiger charge is -2.32. The van der Waals surface area contributed by atoms with Crippen LogP contribution < -0.4 is 4.74 Å². The first kappa shape index (κ1) is 14.3. The molecule has 1 amide bonds. The van der Waals surface area contributed by atoms with Crippen LogP contribution >= 0.6 is 11.8 Å². The summed E-state index contributed by atoms with van der Waals surface area (Å²) < 4.78 is 5.96. The molecule has 1 aliphatic heterocycles. The first-order valence-corrected chi connectivity index (χ1v) is 8.08. The minimum atomic E-state index is 0.237. The minimum Gasteiger partial charge on any atom is -0.490 e. The van der Waals surface area contributed by atoms with Crippen molar-refractivity contribution in [2.24, 2.45) is 0 Å². The Bertz CT molecular complexity index is 411. The van der Waals surface area contributed by atoms with Gasteiger partial charge in [-0.05, 0) is 25.3 Å². The molecule has 1 aromatic carbocycles. The number of benzene rings is 1. The van der Waals surface area contributed by atoms with Gasteiger partial charge >= 0.3 is 0 Å². The Balaban J connectivity index is 1.80. The molecule has 0 radical (unpaired) electrons. The van der Waals surface area contributed by atoms with E-state index in [1.54, 1.807) is 11.8 Å². The van der Waals surface area contributed by atoms with Crippen LogP contribution in [-0.4, -0.2) is 42.0 Å². The van der Waals surface area contributed by atoms with Crippen LogP contribution in [0.25, 0.3) is 0 Å². The smallest absolute Gasteiger partial charge is 0.232 e. The largest absolute Gasteiger partial charge is 0.490 e. The zero-order chi connectivity index (χ0) is 13.7. The number of rotatable bonds is 4. The van der Waals surface area contributed by atoms with Crippen LogP contribution in [-0.2, 0) is 4.79 Å². The summed E-state index contributed by atoms with van der Waals surface area (Å²) in [4.78, 5) is 13.7. The highest BCUT2D eigenvalue weighted by Gasteiger charge is 2.23. The number of likely N-dealkylation sites (tertiary alicyclic amines) is 1. The van der Waals surface area contributed by atoms with Gasteiger partial charge in [0.1, 0.15) is 11.9 Å². The fourth-order valence-electron chi connectivity index (χ4n) is 2.25. The third-order valence-corrected chi connectivity index (χ3v) is 3.92. The van der Waals surface area contributed by atoms with Gasteiger partial charge in [0.25, 0.3) is 0 Å². The van der Waals surface area contributed by atoms with Gasteiger partial charge in [0, 0.05) is 25.9 Å². The van der Waals surface area contributed by atoms with Crippen LogP contribution in [0.15, 0.2) is 24.3 Å². The summed E-state index contributed by atoms with van der Waals surface area (Å²) in [5.41, 5.74) is 1.24. The normalized spacial score (nSPS) is 16.4. The van der Waals surface area contributed by atoms with E-state index in [1.807, 2.05) is 23.3 Å². The Labute approximate surface area is 119 Å². The van der Waals surface area contributed by atoms with E-state index in [1.165, 1.54) is 5.56 Å². The number of carbonyl (C=O) groups excluding carboxylic acids is 1. The summed E-state index contributed by atoms with van der Waals surface area (Å²) in [5, 5.41) is 0. The molecule has 0 bridgehead atoms. The third kappa shape index (κ3) is 4.16. The predicted octanol–water partition coefficient (Wildman–Crippen LogP) is 2.73. The molecule has 0 unspecified atom stereocenters. The molecule has 1 fully saturated rings. The number of nitrogens with zero attached hydrogens (tertiary/aromatic N) is 1. The predicted molar refractivity (Wildman–Crippen MR) is 79.8 cm³/mol. The van der Waals surface area contributed by atoms with Gasteiger partial charge in [0.15, 0.2) is 0 Å². The van der Waals surface area contributed by atoms with Crippen LogP contribution in [0.4, 0.5) is 0 Å². The van der Waals surface area contributed by atoms with E-state index in [0.717, 1.165) is 31.7 Å². The van der Waals surface area contributed by atoms with Crippen molar-refractivity contribution in [3.63, 3.8) is 0 Å². The standard InChI is InChI=1S/C15H21NO2S/c1-12-3-5-13(6-4-12)18-14-7-9-16(10-8-14)15(17)11-19-2/h3-6,14H,7-11H2,1-2H3. The Morgan fingerprint density at radius 1 is 1.32 bits per heavy atom. The number of carbonyl (C=O) groups is 1. The molecule has 19 heavy (non-hydrogen) atoms. The summed E-state index contributed by atoms with van der Waals surface area (Å²) in [6, 6.07) is 8.15. The van der Waals surface area contributed by atoms with Gasteiger partial charge in [-0.25, -0.2) is 0 Å². The zero-order valence-corrected chi connectivity index (χ0v) is 12.4. The van der Waals surface area contributed by atoms with E-state index in [2.05, 4.69) is 19.1 Å². The van der Waals surface area contributed by atoms with E-state index in [-0.39, 0.29) is 12.0 Å². The summed E-state index contributed by atoms with van der Waals surface area (Å²) >= 11 is 1.59. The van der Waals surface area contributed by atoms with Gasteiger partial charge in [-0.1, -0.05) is 17.7 Å². The Morgan fingerprint density at radius 3 is 2.53 bits per heavy atom. The molecule has 0 atom stereocenters. The lowest BCUT2D eigenvalue weighted by atomic mass is 10.1. The number of thioether (sulfide) groups is 1. The van der Waals surface area contributed by atoms with Crippen molar-refractivity contribution >= 4 is 17.7 Å². The maximum Gasteiger partial charge on any atom is 0.232 e. The quantitative estimate of drug-likeness (QED) is 0.849.